The van der Waals surface area contributed by atoms with Gasteiger partial charge in [0.15, 0.2) is 0 Å². The van der Waals surface area contributed by atoms with E-state index in [1.807, 2.05) is 0 Å². The molecule has 1 aliphatic carbocycles. The summed E-state index contributed by atoms with van der Waals surface area (Å²) in [5.41, 5.74) is 0. The van der Waals surface area contributed by atoms with Gasteiger partial charge in [0.2, 0.25) is 5.91 Å². The van der Waals surface area contributed by atoms with Crippen molar-refractivity contribution in [2.45, 2.75) is 64.7 Å². The summed E-state index contributed by atoms with van der Waals surface area (Å²) in [6.45, 7) is 6.85. The summed E-state index contributed by atoms with van der Waals surface area (Å²) in [6, 6.07) is 0. The summed E-state index contributed by atoms with van der Waals surface area (Å²) in [7, 11) is 0. The van der Waals surface area contributed by atoms with Crippen molar-refractivity contribution in [3.8, 4) is 0 Å². The van der Waals surface area contributed by atoms with Gasteiger partial charge < -0.3 is 10.2 Å². The second-order valence-electron chi connectivity index (χ2n) is 6.94. The SMILES string of the molecule is CC1CCN(CCCNC(=O)CC2CCCCC2)CC1. The topological polar surface area (TPSA) is 32.3 Å². The molecule has 2 rings (SSSR count). The molecule has 3 nitrogen and oxygen atoms in total. The van der Waals surface area contributed by atoms with Crippen LogP contribution in [0.15, 0.2) is 0 Å². The summed E-state index contributed by atoms with van der Waals surface area (Å²) < 4.78 is 0. The van der Waals surface area contributed by atoms with Gasteiger partial charge in [-0.15, -0.1) is 0 Å². The van der Waals surface area contributed by atoms with Gasteiger partial charge in [0, 0.05) is 13.0 Å². The number of carbonyl (C=O) groups is 1. The van der Waals surface area contributed by atoms with Crippen molar-refractivity contribution >= 4 is 5.91 Å². The number of hydrogen-bond donors (Lipinski definition) is 1. The van der Waals surface area contributed by atoms with Crippen LogP contribution in [0.1, 0.15) is 64.7 Å². The van der Waals surface area contributed by atoms with Crippen molar-refractivity contribution in [2.75, 3.05) is 26.2 Å². The molecule has 1 saturated heterocycles. The lowest BCUT2D eigenvalue weighted by Crippen LogP contribution is -2.35. The van der Waals surface area contributed by atoms with Crippen LogP contribution in [0.2, 0.25) is 0 Å². The van der Waals surface area contributed by atoms with E-state index in [-0.39, 0.29) is 5.91 Å². The van der Waals surface area contributed by atoms with Crippen LogP contribution in [-0.4, -0.2) is 37.0 Å². The highest BCUT2D eigenvalue weighted by molar-refractivity contribution is 5.76. The smallest absolute Gasteiger partial charge is 0.220 e. The number of hydrogen-bond acceptors (Lipinski definition) is 2. The van der Waals surface area contributed by atoms with Crippen molar-refractivity contribution in [2.24, 2.45) is 11.8 Å². The van der Waals surface area contributed by atoms with Gasteiger partial charge in [-0.2, -0.15) is 0 Å². The molecule has 1 aliphatic heterocycles. The minimum absolute atomic E-state index is 0.282. The second-order valence-corrected chi connectivity index (χ2v) is 6.94. The van der Waals surface area contributed by atoms with Crippen LogP contribution in [0.25, 0.3) is 0 Å². The van der Waals surface area contributed by atoms with Crippen molar-refractivity contribution in [1.29, 1.82) is 0 Å². The molecule has 0 radical (unpaired) electrons. The molecule has 0 aromatic carbocycles. The van der Waals surface area contributed by atoms with Crippen LogP contribution in [0.5, 0.6) is 0 Å². The highest BCUT2D eigenvalue weighted by Gasteiger charge is 2.17. The van der Waals surface area contributed by atoms with Gasteiger partial charge in [-0.1, -0.05) is 26.2 Å². The molecule has 0 atom stereocenters. The molecule has 0 aromatic heterocycles. The zero-order chi connectivity index (χ0) is 14.2. The number of carbonyl (C=O) groups excluding carboxylic acids is 1. The number of piperidine rings is 1. The van der Waals surface area contributed by atoms with Gasteiger partial charge in [-0.05, 0) is 63.6 Å². The van der Waals surface area contributed by atoms with Crippen LogP contribution in [-0.2, 0) is 4.79 Å². The van der Waals surface area contributed by atoms with E-state index in [2.05, 4.69) is 17.1 Å². The Kier molecular flexibility index (Phi) is 6.85. The minimum atomic E-state index is 0.282. The van der Waals surface area contributed by atoms with Gasteiger partial charge in [0.25, 0.3) is 0 Å². The fourth-order valence-corrected chi connectivity index (χ4v) is 3.54. The molecule has 0 aromatic rings. The summed E-state index contributed by atoms with van der Waals surface area (Å²) in [6.07, 6.45) is 11.1. The average Bonchev–Trinajstić information content (AvgIpc) is 2.46. The maximum atomic E-state index is 11.9. The molecule has 1 saturated carbocycles. The Labute approximate surface area is 124 Å². The number of likely N-dealkylation sites (tertiary alicyclic amines) is 1. The van der Waals surface area contributed by atoms with Gasteiger partial charge in [-0.3, -0.25) is 4.79 Å². The van der Waals surface area contributed by atoms with E-state index in [4.69, 9.17) is 0 Å². The molecule has 0 spiro atoms. The van der Waals surface area contributed by atoms with Crippen LogP contribution in [0.3, 0.4) is 0 Å². The normalized spacial score (nSPS) is 22.9. The molecule has 2 fully saturated rings. The van der Waals surface area contributed by atoms with E-state index in [1.54, 1.807) is 0 Å². The maximum absolute atomic E-state index is 11.9. The predicted octanol–water partition coefficient (Wildman–Crippen LogP) is 3.20. The Morgan fingerprint density at radius 2 is 1.80 bits per heavy atom. The number of nitrogens with zero attached hydrogens (tertiary/aromatic N) is 1. The third-order valence-corrected chi connectivity index (χ3v) is 5.05. The summed E-state index contributed by atoms with van der Waals surface area (Å²) in [4.78, 5) is 14.4. The van der Waals surface area contributed by atoms with E-state index >= 15 is 0 Å². The molecule has 1 N–H and O–H groups in total. The number of rotatable bonds is 6. The predicted molar refractivity (Wildman–Crippen MR) is 83.7 cm³/mol. The van der Waals surface area contributed by atoms with Crippen molar-refractivity contribution < 1.29 is 4.79 Å². The quantitative estimate of drug-likeness (QED) is 0.758. The zero-order valence-electron chi connectivity index (χ0n) is 13.2. The Hall–Kier alpha value is -0.570. The van der Waals surface area contributed by atoms with Gasteiger partial charge in [-0.25, -0.2) is 0 Å². The molecule has 0 bridgehead atoms. The third-order valence-electron chi connectivity index (χ3n) is 5.05. The summed E-state index contributed by atoms with van der Waals surface area (Å²) in [5.74, 6) is 1.85. The highest BCUT2D eigenvalue weighted by atomic mass is 16.1. The molecule has 20 heavy (non-hydrogen) atoms. The maximum Gasteiger partial charge on any atom is 0.220 e. The number of nitrogens with one attached hydrogen (secondary N) is 1. The summed E-state index contributed by atoms with van der Waals surface area (Å²) in [5, 5.41) is 3.11. The van der Waals surface area contributed by atoms with E-state index in [0.29, 0.717) is 5.92 Å². The van der Waals surface area contributed by atoms with Gasteiger partial charge >= 0.3 is 0 Å². The Balaban J connectivity index is 1.48. The van der Waals surface area contributed by atoms with Crippen LogP contribution >= 0.6 is 0 Å². The van der Waals surface area contributed by atoms with Crippen LogP contribution in [0, 0.1) is 11.8 Å². The van der Waals surface area contributed by atoms with Gasteiger partial charge in [0.05, 0.1) is 0 Å². The first-order valence-corrected chi connectivity index (χ1v) is 8.73. The lowest BCUT2D eigenvalue weighted by molar-refractivity contribution is -0.122. The largest absolute Gasteiger partial charge is 0.356 e. The minimum Gasteiger partial charge on any atom is -0.356 e. The van der Waals surface area contributed by atoms with E-state index in [1.165, 1.54) is 58.0 Å². The first-order chi connectivity index (χ1) is 9.74. The molecule has 116 valence electrons. The van der Waals surface area contributed by atoms with Crippen molar-refractivity contribution in [3.63, 3.8) is 0 Å². The van der Waals surface area contributed by atoms with Crippen molar-refractivity contribution in [3.05, 3.63) is 0 Å². The van der Waals surface area contributed by atoms with Gasteiger partial charge in [0.1, 0.15) is 0 Å². The Morgan fingerprint density at radius 3 is 2.50 bits per heavy atom. The van der Waals surface area contributed by atoms with Crippen molar-refractivity contribution in [1.82, 2.24) is 10.2 Å². The lowest BCUT2D eigenvalue weighted by Gasteiger charge is -2.30. The summed E-state index contributed by atoms with van der Waals surface area (Å²) >= 11 is 0. The van der Waals surface area contributed by atoms with E-state index < -0.39 is 0 Å². The highest BCUT2D eigenvalue weighted by Crippen LogP contribution is 2.26. The zero-order valence-corrected chi connectivity index (χ0v) is 13.2. The van der Waals surface area contributed by atoms with E-state index in [9.17, 15) is 4.79 Å². The molecule has 3 heteroatoms. The fourth-order valence-electron chi connectivity index (χ4n) is 3.54. The first kappa shape index (κ1) is 15.8. The molecule has 1 amide bonds. The van der Waals surface area contributed by atoms with E-state index in [0.717, 1.165) is 31.8 Å². The number of amides is 1. The molecule has 1 heterocycles. The molecule has 0 unspecified atom stereocenters. The average molecular weight is 280 g/mol. The Morgan fingerprint density at radius 1 is 1.10 bits per heavy atom. The Bertz CT molecular complexity index is 279. The molecule has 2 aliphatic rings. The lowest BCUT2D eigenvalue weighted by atomic mass is 9.87. The molecular weight excluding hydrogens is 248 g/mol. The van der Waals surface area contributed by atoms with Crippen LogP contribution in [0.4, 0.5) is 0 Å². The fraction of sp³-hybridized carbons (Fsp3) is 0.941. The first-order valence-electron chi connectivity index (χ1n) is 8.73. The second kappa shape index (κ2) is 8.66. The third kappa shape index (κ3) is 5.82. The molecular formula is C17H32N2O. The standard InChI is InChI=1S/C17H32N2O/c1-15-8-12-19(13-9-15)11-5-10-18-17(20)14-16-6-3-2-4-7-16/h15-16H,2-14H2,1H3,(H,18,20). The monoisotopic (exact) mass is 280 g/mol. The van der Waals surface area contributed by atoms with Crippen LogP contribution < -0.4 is 5.32 Å².